The fourth-order valence-corrected chi connectivity index (χ4v) is 1.39. The predicted octanol–water partition coefficient (Wildman–Crippen LogP) is 2.24. The summed E-state index contributed by atoms with van der Waals surface area (Å²) in [4.78, 5) is 22.3. The Kier molecular flexibility index (Phi) is 4.23. The second kappa shape index (κ2) is 5.45. The molecule has 3 heteroatoms. The lowest BCUT2D eigenvalue weighted by Gasteiger charge is -2.07. The topological polar surface area (TPSA) is 43.4 Å². The van der Waals surface area contributed by atoms with Crippen LogP contribution < -0.4 is 0 Å². The van der Waals surface area contributed by atoms with Crippen molar-refractivity contribution in [2.45, 2.75) is 20.3 Å². The summed E-state index contributed by atoms with van der Waals surface area (Å²) in [5.74, 6) is -0.146. The third kappa shape index (κ3) is 3.19. The molecule has 0 aliphatic heterocycles. The molecule has 3 nitrogen and oxygen atoms in total. The van der Waals surface area contributed by atoms with Crippen LogP contribution >= 0.6 is 0 Å². The molecule has 0 heterocycles. The van der Waals surface area contributed by atoms with Gasteiger partial charge in [-0.2, -0.15) is 0 Å². The summed E-state index contributed by atoms with van der Waals surface area (Å²) in [6.07, 6.45) is 0.705. The minimum Gasteiger partial charge on any atom is -0.465 e. The zero-order chi connectivity index (χ0) is 12.1. The van der Waals surface area contributed by atoms with Gasteiger partial charge >= 0.3 is 5.97 Å². The number of ether oxygens (including phenoxy) is 1. The molecule has 0 bridgehead atoms. The van der Waals surface area contributed by atoms with Crippen LogP contribution in [0.4, 0.5) is 0 Å². The third-order valence-corrected chi connectivity index (χ3v) is 2.61. The summed E-state index contributed by atoms with van der Waals surface area (Å²) in [5, 5.41) is 0. The van der Waals surface area contributed by atoms with E-state index in [0.717, 1.165) is 5.56 Å². The lowest BCUT2D eigenvalue weighted by Crippen LogP contribution is -2.09. The van der Waals surface area contributed by atoms with Gasteiger partial charge in [0.25, 0.3) is 0 Å². The summed E-state index contributed by atoms with van der Waals surface area (Å²) in [7, 11) is 1.36. The molecular formula is C13H16O3. The van der Waals surface area contributed by atoms with Gasteiger partial charge in [0.05, 0.1) is 12.7 Å². The van der Waals surface area contributed by atoms with Crippen molar-refractivity contribution in [3.63, 3.8) is 0 Å². The number of carbonyl (C=O) groups excluding carboxylic acids is 2. The van der Waals surface area contributed by atoms with E-state index in [1.807, 2.05) is 19.1 Å². The quantitative estimate of drug-likeness (QED) is 0.731. The number of methoxy groups -OCH3 is 1. The molecule has 0 aromatic heterocycles. The van der Waals surface area contributed by atoms with E-state index in [1.54, 1.807) is 19.1 Å². The fraction of sp³-hybridized carbons (Fsp3) is 0.385. The Morgan fingerprint density at radius 3 is 2.25 bits per heavy atom. The Morgan fingerprint density at radius 2 is 1.81 bits per heavy atom. The first-order valence-electron chi connectivity index (χ1n) is 5.22. The van der Waals surface area contributed by atoms with Gasteiger partial charge < -0.3 is 4.74 Å². The maximum atomic E-state index is 11.2. The molecule has 1 rings (SSSR count). The Balaban J connectivity index is 2.72. The molecule has 0 N–H and O–H groups in total. The largest absolute Gasteiger partial charge is 0.465 e. The second-order valence-electron chi connectivity index (χ2n) is 3.90. The maximum Gasteiger partial charge on any atom is 0.337 e. The van der Waals surface area contributed by atoms with Crippen molar-refractivity contribution >= 4 is 11.8 Å². The van der Waals surface area contributed by atoms with Crippen molar-refractivity contribution < 1.29 is 14.3 Å². The van der Waals surface area contributed by atoms with E-state index in [-0.39, 0.29) is 17.7 Å². The first-order valence-corrected chi connectivity index (χ1v) is 5.22. The molecule has 0 aliphatic rings. The molecule has 1 aromatic rings. The summed E-state index contributed by atoms with van der Waals surface area (Å²) < 4.78 is 4.60. The van der Waals surface area contributed by atoms with Crippen molar-refractivity contribution in [1.82, 2.24) is 0 Å². The summed E-state index contributed by atoms with van der Waals surface area (Å²) in [6.45, 7) is 3.49. The molecule has 0 amide bonds. The van der Waals surface area contributed by atoms with Gasteiger partial charge in [-0.25, -0.2) is 4.79 Å². The highest BCUT2D eigenvalue weighted by molar-refractivity contribution is 5.89. The molecule has 0 radical (unpaired) electrons. The summed E-state index contributed by atoms with van der Waals surface area (Å²) in [5.41, 5.74) is 1.58. The first kappa shape index (κ1) is 12.4. The van der Waals surface area contributed by atoms with E-state index < -0.39 is 0 Å². The minimum absolute atomic E-state index is 0.0176. The van der Waals surface area contributed by atoms with Crippen LogP contribution in [0.15, 0.2) is 24.3 Å². The molecule has 0 saturated carbocycles. The molecule has 0 saturated heterocycles. The average molecular weight is 220 g/mol. The van der Waals surface area contributed by atoms with Crippen molar-refractivity contribution in [1.29, 1.82) is 0 Å². The van der Waals surface area contributed by atoms with Gasteiger partial charge in [-0.05, 0) is 31.0 Å². The van der Waals surface area contributed by atoms with E-state index in [1.165, 1.54) is 7.11 Å². The Hall–Kier alpha value is -1.64. The normalized spacial score (nSPS) is 11.9. The zero-order valence-corrected chi connectivity index (χ0v) is 9.82. The summed E-state index contributed by atoms with van der Waals surface area (Å²) >= 11 is 0. The highest BCUT2D eigenvalue weighted by Gasteiger charge is 2.09. The summed E-state index contributed by atoms with van der Waals surface area (Å²) in [6, 6.07) is 7.14. The SMILES string of the molecule is COC(=O)c1ccc(C[C@H](C)C(C)=O)cc1. The molecule has 16 heavy (non-hydrogen) atoms. The van der Waals surface area contributed by atoms with E-state index in [0.29, 0.717) is 12.0 Å². The monoisotopic (exact) mass is 220 g/mol. The highest BCUT2D eigenvalue weighted by atomic mass is 16.5. The minimum atomic E-state index is -0.342. The molecule has 1 aromatic carbocycles. The van der Waals surface area contributed by atoms with Crippen LogP contribution in [0.25, 0.3) is 0 Å². The molecule has 0 fully saturated rings. The third-order valence-electron chi connectivity index (χ3n) is 2.61. The number of ketones is 1. The van der Waals surface area contributed by atoms with Crippen LogP contribution in [0.3, 0.4) is 0 Å². The predicted molar refractivity (Wildman–Crippen MR) is 61.3 cm³/mol. The number of esters is 1. The van der Waals surface area contributed by atoms with E-state index in [4.69, 9.17) is 0 Å². The Bertz CT molecular complexity index is 379. The van der Waals surface area contributed by atoms with Crippen LogP contribution in [0, 0.1) is 5.92 Å². The van der Waals surface area contributed by atoms with E-state index in [9.17, 15) is 9.59 Å². The number of hydrogen-bond donors (Lipinski definition) is 0. The van der Waals surface area contributed by atoms with Crippen molar-refractivity contribution in [3.8, 4) is 0 Å². The van der Waals surface area contributed by atoms with Gasteiger partial charge in [0.2, 0.25) is 0 Å². The Labute approximate surface area is 95.4 Å². The lowest BCUT2D eigenvalue weighted by molar-refractivity contribution is -0.120. The van der Waals surface area contributed by atoms with Crippen LogP contribution in [0.2, 0.25) is 0 Å². The number of hydrogen-bond acceptors (Lipinski definition) is 3. The van der Waals surface area contributed by atoms with E-state index >= 15 is 0 Å². The highest BCUT2D eigenvalue weighted by Crippen LogP contribution is 2.11. The van der Waals surface area contributed by atoms with Gasteiger partial charge in [0.1, 0.15) is 5.78 Å². The molecule has 0 spiro atoms. The molecule has 0 aliphatic carbocycles. The average Bonchev–Trinajstić information content (AvgIpc) is 2.28. The smallest absolute Gasteiger partial charge is 0.337 e. The van der Waals surface area contributed by atoms with Crippen LogP contribution in [0.5, 0.6) is 0 Å². The van der Waals surface area contributed by atoms with Gasteiger partial charge in [-0.1, -0.05) is 19.1 Å². The van der Waals surface area contributed by atoms with Crippen LogP contribution in [-0.2, 0) is 16.0 Å². The van der Waals surface area contributed by atoms with Gasteiger partial charge in [-0.15, -0.1) is 0 Å². The van der Waals surface area contributed by atoms with Gasteiger partial charge in [0.15, 0.2) is 0 Å². The Morgan fingerprint density at radius 1 is 1.25 bits per heavy atom. The van der Waals surface area contributed by atoms with Crippen molar-refractivity contribution in [2.75, 3.05) is 7.11 Å². The van der Waals surface area contributed by atoms with Crippen LogP contribution in [-0.4, -0.2) is 18.9 Å². The molecule has 0 unspecified atom stereocenters. The molecule has 86 valence electrons. The van der Waals surface area contributed by atoms with Gasteiger partial charge in [-0.3, -0.25) is 4.79 Å². The van der Waals surface area contributed by atoms with E-state index in [2.05, 4.69) is 4.74 Å². The standard InChI is InChI=1S/C13H16O3/c1-9(10(2)14)8-11-4-6-12(7-5-11)13(15)16-3/h4-7,9H,8H2,1-3H3/t9-/m0/s1. The number of rotatable bonds is 4. The zero-order valence-electron chi connectivity index (χ0n) is 9.82. The molecular weight excluding hydrogens is 204 g/mol. The maximum absolute atomic E-state index is 11.2. The number of Topliss-reactive ketones (excluding diaryl/α,β-unsaturated/α-hetero) is 1. The van der Waals surface area contributed by atoms with Crippen LogP contribution in [0.1, 0.15) is 29.8 Å². The lowest BCUT2D eigenvalue weighted by atomic mass is 9.97. The van der Waals surface area contributed by atoms with Crippen molar-refractivity contribution in [2.24, 2.45) is 5.92 Å². The van der Waals surface area contributed by atoms with Crippen molar-refractivity contribution in [3.05, 3.63) is 35.4 Å². The number of carbonyl (C=O) groups is 2. The second-order valence-corrected chi connectivity index (χ2v) is 3.90. The fourth-order valence-electron chi connectivity index (χ4n) is 1.39. The number of benzene rings is 1. The van der Waals surface area contributed by atoms with Gasteiger partial charge in [0, 0.05) is 5.92 Å². The molecule has 1 atom stereocenters. The first-order chi connectivity index (χ1) is 7.54.